The number of pyridine rings is 1. The monoisotopic (exact) mass is 482 g/mol. The van der Waals surface area contributed by atoms with Crippen LogP contribution >= 0.6 is 23.1 Å². The number of thiophene rings is 1. The first kappa shape index (κ1) is 24.3. The van der Waals surface area contributed by atoms with Crippen molar-refractivity contribution in [3.8, 4) is 39.3 Å². The zero-order valence-corrected chi connectivity index (χ0v) is 20.0. The lowest BCUT2D eigenvalue weighted by Gasteiger charge is -2.14. The van der Waals surface area contributed by atoms with Crippen LogP contribution in [0.15, 0.2) is 46.8 Å². The number of Topliss-reactive ketones (excluding diaryl/α,β-unsaturated/α-hetero) is 1. The Balaban J connectivity index is 2.03. The summed E-state index contributed by atoms with van der Waals surface area (Å²) in [4.78, 5) is 29.5. The largest absolute Gasteiger partial charge is 0.493 e. The third-order valence-corrected chi connectivity index (χ3v) is 6.51. The number of rotatable bonds is 10. The number of hydrogen-bond donors (Lipinski definition) is 0. The standard InChI is InChI=1S/C24H22N2O5S2/c1-4-31-23(28)11-16(27)14-33-24-18(13-25)17(12-19(26-24)22-6-5-9-32-22)15-7-8-20(29-2)21(10-15)30-3/h5-10,12H,4,11,14H2,1-3H3. The number of nitrogens with zero attached hydrogens (tertiary/aromatic N) is 2. The predicted octanol–water partition coefficient (Wildman–Crippen LogP) is 4.98. The van der Waals surface area contributed by atoms with E-state index in [1.807, 2.05) is 29.6 Å². The second kappa shape index (κ2) is 11.5. The molecular weight excluding hydrogens is 460 g/mol. The fourth-order valence-corrected chi connectivity index (χ4v) is 4.64. The molecular formula is C24H22N2O5S2. The molecule has 0 atom stereocenters. The van der Waals surface area contributed by atoms with Gasteiger partial charge in [0, 0.05) is 5.56 Å². The summed E-state index contributed by atoms with van der Waals surface area (Å²) in [6.45, 7) is 1.91. The minimum absolute atomic E-state index is 0.000236. The Morgan fingerprint density at radius 1 is 1.15 bits per heavy atom. The molecule has 2 heterocycles. The summed E-state index contributed by atoms with van der Waals surface area (Å²) in [6.07, 6.45) is -0.310. The molecule has 0 saturated carbocycles. The second-order valence-corrected chi connectivity index (χ2v) is 8.61. The summed E-state index contributed by atoms with van der Waals surface area (Å²) in [6, 6.07) is 13.4. The minimum Gasteiger partial charge on any atom is -0.493 e. The summed E-state index contributed by atoms with van der Waals surface area (Å²) in [5.41, 5.74) is 2.45. The Hall–Kier alpha value is -3.35. The number of aromatic nitrogens is 1. The van der Waals surface area contributed by atoms with Crippen molar-refractivity contribution in [1.82, 2.24) is 4.98 Å². The van der Waals surface area contributed by atoms with Crippen molar-refractivity contribution in [2.75, 3.05) is 26.6 Å². The van der Waals surface area contributed by atoms with Crippen LogP contribution in [0.4, 0.5) is 0 Å². The zero-order chi connectivity index (χ0) is 23.8. The summed E-state index contributed by atoms with van der Waals surface area (Å²) >= 11 is 2.66. The van der Waals surface area contributed by atoms with Crippen molar-refractivity contribution in [2.24, 2.45) is 0 Å². The first-order valence-electron chi connectivity index (χ1n) is 10.0. The number of esters is 1. The van der Waals surface area contributed by atoms with Gasteiger partial charge in [0.2, 0.25) is 0 Å². The molecule has 3 aromatic rings. The van der Waals surface area contributed by atoms with Crippen molar-refractivity contribution >= 4 is 34.9 Å². The number of carbonyl (C=O) groups is 2. The molecule has 0 amide bonds. The van der Waals surface area contributed by atoms with Gasteiger partial charge in [0.05, 0.1) is 42.7 Å². The van der Waals surface area contributed by atoms with Crippen molar-refractivity contribution in [3.63, 3.8) is 0 Å². The molecule has 0 aliphatic rings. The third-order valence-electron chi connectivity index (χ3n) is 4.58. The van der Waals surface area contributed by atoms with Gasteiger partial charge in [-0.1, -0.05) is 23.9 Å². The minimum atomic E-state index is -0.560. The number of methoxy groups -OCH3 is 2. The maximum absolute atomic E-state index is 12.3. The van der Waals surface area contributed by atoms with Crippen LogP contribution in [-0.2, 0) is 14.3 Å². The van der Waals surface area contributed by atoms with Crippen LogP contribution in [0.1, 0.15) is 18.9 Å². The zero-order valence-electron chi connectivity index (χ0n) is 18.4. The number of ether oxygens (including phenoxy) is 3. The Morgan fingerprint density at radius 2 is 1.94 bits per heavy atom. The molecule has 170 valence electrons. The molecule has 9 heteroatoms. The molecule has 0 saturated heterocycles. The SMILES string of the molecule is CCOC(=O)CC(=O)CSc1nc(-c2cccs2)cc(-c2ccc(OC)c(OC)c2)c1C#N. The Morgan fingerprint density at radius 3 is 2.58 bits per heavy atom. The average molecular weight is 483 g/mol. The van der Waals surface area contributed by atoms with Gasteiger partial charge in [-0.05, 0) is 42.1 Å². The summed E-state index contributed by atoms with van der Waals surface area (Å²) in [7, 11) is 3.11. The van der Waals surface area contributed by atoms with Crippen LogP contribution in [0.2, 0.25) is 0 Å². The van der Waals surface area contributed by atoms with Gasteiger partial charge in [-0.25, -0.2) is 4.98 Å². The van der Waals surface area contributed by atoms with Crippen molar-refractivity contribution in [2.45, 2.75) is 18.4 Å². The van der Waals surface area contributed by atoms with E-state index in [1.54, 1.807) is 33.3 Å². The molecule has 1 aromatic carbocycles. The van der Waals surface area contributed by atoms with Crippen LogP contribution in [-0.4, -0.2) is 43.3 Å². The van der Waals surface area contributed by atoms with Gasteiger partial charge < -0.3 is 14.2 Å². The molecule has 3 rings (SSSR count). The van der Waals surface area contributed by atoms with Gasteiger partial charge in [-0.2, -0.15) is 5.26 Å². The summed E-state index contributed by atoms with van der Waals surface area (Å²) in [5.74, 6) is 0.256. The van der Waals surface area contributed by atoms with Gasteiger partial charge in [0.25, 0.3) is 0 Å². The molecule has 0 bridgehead atoms. The summed E-state index contributed by atoms with van der Waals surface area (Å²) in [5, 5.41) is 12.3. The second-order valence-electron chi connectivity index (χ2n) is 6.70. The predicted molar refractivity (Wildman–Crippen MR) is 128 cm³/mol. The van der Waals surface area contributed by atoms with E-state index in [1.165, 1.54) is 11.3 Å². The molecule has 0 unspecified atom stereocenters. The molecule has 0 radical (unpaired) electrons. The molecule has 0 aliphatic carbocycles. The van der Waals surface area contributed by atoms with Crippen LogP contribution in [0.3, 0.4) is 0 Å². The van der Waals surface area contributed by atoms with E-state index in [2.05, 4.69) is 11.1 Å². The van der Waals surface area contributed by atoms with Gasteiger partial charge in [0.1, 0.15) is 17.5 Å². The van der Waals surface area contributed by atoms with Crippen molar-refractivity contribution < 1.29 is 23.8 Å². The third kappa shape index (κ3) is 5.92. The lowest BCUT2D eigenvalue weighted by molar-refractivity contribution is -0.145. The van der Waals surface area contributed by atoms with Crippen LogP contribution in [0.5, 0.6) is 11.5 Å². The highest BCUT2D eigenvalue weighted by Crippen LogP contribution is 2.38. The first-order valence-corrected chi connectivity index (χ1v) is 11.9. The van der Waals surface area contributed by atoms with Gasteiger partial charge in [0.15, 0.2) is 17.3 Å². The highest BCUT2D eigenvalue weighted by Gasteiger charge is 2.19. The van der Waals surface area contributed by atoms with E-state index in [9.17, 15) is 14.9 Å². The molecule has 7 nitrogen and oxygen atoms in total. The lowest BCUT2D eigenvalue weighted by Crippen LogP contribution is -2.13. The quantitative estimate of drug-likeness (QED) is 0.227. The van der Waals surface area contributed by atoms with Crippen LogP contribution in [0.25, 0.3) is 21.7 Å². The van der Waals surface area contributed by atoms with Crippen LogP contribution in [0, 0.1) is 11.3 Å². The van der Waals surface area contributed by atoms with Crippen molar-refractivity contribution in [1.29, 1.82) is 5.26 Å². The van der Waals surface area contributed by atoms with Gasteiger partial charge >= 0.3 is 5.97 Å². The fraction of sp³-hybridized carbons (Fsp3) is 0.250. The van der Waals surface area contributed by atoms with Crippen molar-refractivity contribution in [3.05, 3.63) is 47.3 Å². The Kier molecular flexibility index (Phi) is 8.46. The lowest BCUT2D eigenvalue weighted by atomic mass is 10.00. The number of hydrogen-bond acceptors (Lipinski definition) is 9. The van der Waals surface area contributed by atoms with Gasteiger partial charge in [-0.15, -0.1) is 11.3 Å². The van der Waals surface area contributed by atoms with E-state index in [-0.39, 0.29) is 24.6 Å². The Bertz CT molecular complexity index is 1190. The normalized spacial score (nSPS) is 10.4. The average Bonchev–Trinajstić information content (AvgIpc) is 3.36. The van der Waals surface area contributed by atoms with E-state index in [0.29, 0.717) is 33.3 Å². The van der Waals surface area contributed by atoms with E-state index < -0.39 is 5.97 Å². The first-order chi connectivity index (χ1) is 16.0. The molecule has 0 spiro atoms. The number of benzene rings is 1. The fourth-order valence-electron chi connectivity index (χ4n) is 3.09. The van der Waals surface area contributed by atoms with E-state index in [4.69, 9.17) is 14.2 Å². The molecule has 0 N–H and O–H groups in total. The van der Waals surface area contributed by atoms with E-state index in [0.717, 1.165) is 22.2 Å². The number of thioether (sulfide) groups is 1. The number of ketones is 1. The van der Waals surface area contributed by atoms with E-state index >= 15 is 0 Å². The Labute approximate surface area is 200 Å². The molecule has 0 aliphatic heterocycles. The highest BCUT2D eigenvalue weighted by molar-refractivity contribution is 8.00. The number of carbonyl (C=O) groups excluding carboxylic acids is 2. The molecule has 0 fully saturated rings. The maximum Gasteiger partial charge on any atom is 0.313 e. The van der Waals surface area contributed by atoms with Gasteiger partial charge in [-0.3, -0.25) is 9.59 Å². The highest BCUT2D eigenvalue weighted by atomic mass is 32.2. The molecule has 33 heavy (non-hydrogen) atoms. The molecule has 2 aromatic heterocycles. The topological polar surface area (TPSA) is 98.5 Å². The van der Waals surface area contributed by atoms with Crippen LogP contribution < -0.4 is 9.47 Å². The maximum atomic E-state index is 12.3. The smallest absolute Gasteiger partial charge is 0.313 e. The summed E-state index contributed by atoms with van der Waals surface area (Å²) < 4.78 is 15.6. The number of nitriles is 1.